The summed E-state index contributed by atoms with van der Waals surface area (Å²) in [6.07, 6.45) is 11.5. The molecular formula is C54H76O4. The fourth-order valence-corrected chi connectivity index (χ4v) is 8.25. The minimum absolute atomic E-state index is 0.146. The minimum atomic E-state index is -0.183. The first-order valence-corrected chi connectivity index (χ1v) is 22.3. The third-order valence-electron chi connectivity index (χ3n) is 12.3. The molecule has 1 aliphatic carbocycles. The predicted molar refractivity (Wildman–Crippen MR) is 245 cm³/mol. The number of phenols is 3. The number of benzene rings is 4. The van der Waals surface area contributed by atoms with Gasteiger partial charge >= 0.3 is 0 Å². The van der Waals surface area contributed by atoms with Crippen molar-refractivity contribution < 1.29 is 20.1 Å². The highest BCUT2D eigenvalue weighted by Gasteiger charge is 2.28. The molecule has 4 aromatic carbocycles. The van der Waals surface area contributed by atoms with Gasteiger partial charge in [-0.05, 0) is 94.8 Å². The Morgan fingerprint density at radius 1 is 0.379 bits per heavy atom. The zero-order valence-electron chi connectivity index (χ0n) is 38.6. The first-order valence-electron chi connectivity index (χ1n) is 22.3. The molecular weight excluding hydrogens is 713 g/mol. The van der Waals surface area contributed by atoms with Crippen LogP contribution < -0.4 is 4.74 Å². The highest BCUT2D eigenvalue weighted by molar-refractivity contribution is 5.59. The molecule has 0 unspecified atom stereocenters. The number of hydrogen-bond acceptors (Lipinski definition) is 4. The topological polar surface area (TPSA) is 69.9 Å². The van der Waals surface area contributed by atoms with E-state index in [2.05, 4.69) is 139 Å². The van der Waals surface area contributed by atoms with Crippen molar-refractivity contribution in [2.75, 3.05) is 6.61 Å². The van der Waals surface area contributed by atoms with Gasteiger partial charge in [-0.25, -0.2) is 0 Å². The number of hydrogen-bond donors (Lipinski definition) is 3. The van der Waals surface area contributed by atoms with E-state index in [-0.39, 0.29) is 38.9 Å². The molecule has 5 rings (SSSR count). The van der Waals surface area contributed by atoms with Crippen LogP contribution in [0.2, 0.25) is 0 Å². The van der Waals surface area contributed by atoms with Crippen molar-refractivity contribution in [1.29, 1.82) is 0 Å². The van der Waals surface area contributed by atoms with Gasteiger partial charge in [-0.2, -0.15) is 0 Å². The molecule has 0 atom stereocenters. The Morgan fingerprint density at radius 2 is 0.621 bits per heavy atom. The molecule has 0 aliphatic heterocycles. The Morgan fingerprint density at radius 3 is 0.897 bits per heavy atom. The zero-order valence-corrected chi connectivity index (χ0v) is 38.6. The van der Waals surface area contributed by atoms with Gasteiger partial charge in [0.25, 0.3) is 0 Å². The maximum Gasteiger partial charge on any atom is 0.126 e. The van der Waals surface area contributed by atoms with E-state index in [9.17, 15) is 15.3 Å². The van der Waals surface area contributed by atoms with Gasteiger partial charge in [0, 0.05) is 25.7 Å². The van der Waals surface area contributed by atoms with Crippen molar-refractivity contribution in [3.05, 3.63) is 115 Å². The minimum Gasteiger partial charge on any atom is -0.507 e. The molecule has 0 heterocycles. The first kappa shape index (κ1) is 45.2. The summed E-state index contributed by atoms with van der Waals surface area (Å²) in [7, 11) is 0. The zero-order chi connectivity index (χ0) is 42.8. The molecule has 0 spiro atoms. The van der Waals surface area contributed by atoms with Crippen molar-refractivity contribution in [3.63, 3.8) is 0 Å². The smallest absolute Gasteiger partial charge is 0.126 e. The molecule has 0 fully saturated rings. The van der Waals surface area contributed by atoms with Crippen LogP contribution in [0.1, 0.15) is 208 Å². The maximum atomic E-state index is 12.3. The number of aromatic hydroxyl groups is 3. The van der Waals surface area contributed by atoms with Gasteiger partial charge in [0.15, 0.2) is 0 Å². The van der Waals surface area contributed by atoms with Crippen LogP contribution in [0.3, 0.4) is 0 Å². The normalized spacial score (nSPS) is 13.8. The molecule has 8 bridgehead atoms. The van der Waals surface area contributed by atoms with Crippen molar-refractivity contribution in [2.45, 2.75) is 189 Å². The Balaban J connectivity index is 1.77. The van der Waals surface area contributed by atoms with Gasteiger partial charge in [0.1, 0.15) is 23.0 Å². The molecule has 0 amide bonds. The molecule has 0 saturated heterocycles. The molecule has 58 heavy (non-hydrogen) atoms. The van der Waals surface area contributed by atoms with E-state index in [0.717, 1.165) is 79.8 Å². The third-order valence-corrected chi connectivity index (χ3v) is 12.3. The van der Waals surface area contributed by atoms with E-state index < -0.39 is 0 Å². The largest absolute Gasteiger partial charge is 0.507 e. The molecule has 4 aromatic rings. The highest BCUT2D eigenvalue weighted by Crippen LogP contribution is 2.43. The number of rotatable bonds is 10. The van der Waals surface area contributed by atoms with Gasteiger partial charge in [-0.15, -0.1) is 0 Å². The molecule has 316 valence electrons. The van der Waals surface area contributed by atoms with E-state index in [1.54, 1.807) is 0 Å². The van der Waals surface area contributed by atoms with E-state index in [4.69, 9.17) is 4.74 Å². The number of unbranched alkanes of at least 4 members (excludes halogenated alkanes) is 7. The van der Waals surface area contributed by atoms with E-state index >= 15 is 0 Å². The van der Waals surface area contributed by atoms with Crippen LogP contribution in [-0.2, 0) is 47.3 Å². The van der Waals surface area contributed by atoms with Gasteiger partial charge in [-0.3, -0.25) is 0 Å². The van der Waals surface area contributed by atoms with Crippen molar-refractivity contribution >= 4 is 0 Å². The van der Waals surface area contributed by atoms with E-state index in [0.29, 0.717) is 32.3 Å². The lowest BCUT2D eigenvalue weighted by Crippen LogP contribution is -2.16. The number of fused-ring (bicyclic) bond motifs is 8. The molecule has 0 aromatic heterocycles. The third kappa shape index (κ3) is 11.0. The molecule has 4 heteroatoms. The average molecular weight is 789 g/mol. The summed E-state index contributed by atoms with van der Waals surface area (Å²) in [5.41, 5.74) is 10.9. The summed E-state index contributed by atoms with van der Waals surface area (Å²) in [5.74, 6) is 1.64. The Kier molecular flexibility index (Phi) is 13.8. The van der Waals surface area contributed by atoms with Gasteiger partial charge < -0.3 is 20.1 Å². The molecule has 3 N–H and O–H groups in total. The fourth-order valence-electron chi connectivity index (χ4n) is 8.25. The summed E-state index contributed by atoms with van der Waals surface area (Å²) in [6.45, 7) is 29.5. The van der Waals surface area contributed by atoms with Crippen molar-refractivity contribution in [1.82, 2.24) is 0 Å². The standard InChI is InChI=1S/C54H76O4/c1-14-15-16-17-18-19-20-21-22-58-50-41-25-39-31-44(52(5,6)7)29-37(48(39)56)23-35-27-43(51(2,3)4)28-36(47(35)55)24-38-30-45(53(8,9)10)32-40(49(38)57)26-42(50)34-46(33-41)54(11,12)13/h27-34,55-57H,14-26H2,1-13H3. The van der Waals surface area contributed by atoms with Gasteiger partial charge in [0.05, 0.1) is 6.61 Å². The van der Waals surface area contributed by atoms with Crippen LogP contribution in [0.25, 0.3) is 0 Å². The van der Waals surface area contributed by atoms with Crippen molar-refractivity contribution in [2.24, 2.45) is 0 Å². The Labute approximate surface area is 352 Å². The second-order valence-corrected chi connectivity index (χ2v) is 21.6. The van der Waals surface area contributed by atoms with Crippen LogP contribution in [0.5, 0.6) is 23.0 Å². The van der Waals surface area contributed by atoms with Crippen LogP contribution in [0, 0.1) is 0 Å². The van der Waals surface area contributed by atoms with E-state index in [1.165, 1.54) is 44.1 Å². The fraction of sp³-hybridized carbons (Fsp3) is 0.556. The SMILES string of the molecule is CCCCCCCCCCOc1c2cc(C(C)(C)C)cc1Cc1cc(C(C)(C)C)cc(c1O)Cc1cc(C(C)(C)C)cc(c1O)Cc1cc(C(C)(C)C)cc(c1O)C2. The lowest BCUT2D eigenvalue weighted by Gasteiger charge is -2.27. The summed E-state index contributed by atoms with van der Waals surface area (Å²) in [6, 6.07) is 17.4. The summed E-state index contributed by atoms with van der Waals surface area (Å²) in [5, 5.41) is 36.7. The molecule has 4 nitrogen and oxygen atoms in total. The van der Waals surface area contributed by atoms with Crippen molar-refractivity contribution in [3.8, 4) is 23.0 Å². The molecule has 1 aliphatic rings. The monoisotopic (exact) mass is 789 g/mol. The van der Waals surface area contributed by atoms with Crippen LogP contribution in [0.15, 0.2) is 48.5 Å². The summed E-state index contributed by atoms with van der Waals surface area (Å²) < 4.78 is 6.94. The number of ether oxygens (including phenoxy) is 1. The number of phenolic OH excluding ortho intramolecular Hbond substituents is 3. The van der Waals surface area contributed by atoms with Gasteiger partial charge in [-0.1, -0.05) is 183 Å². The van der Waals surface area contributed by atoms with Gasteiger partial charge in [0.2, 0.25) is 0 Å². The maximum absolute atomic E-state index is 12.3. The second-order valence-electron chi connectivity index (χ2n) is 21.6. The van der Waals surface area contributed by atoms with E-state index in [1.807, 2.05) is 0 Å². The lowest BCUT2D eigenvalue weighted by molar-refractivity contribution is 0.298. The Hall–Kier alpha value is -3.92. The molecule has 0 radical (unpaired) electrons. The second kappa shape index (κ2) is 17.7. The first-order chi connectivity index (χ1) is 27.0. The molecule has 0 saturated carbocycles. The quantitative estimate of drug-likeness (QED) is 0.123. The van der Waals surface area contributed by atoms with Crippen LogP contribution in [-0.4, -0.2) is 21.9 Å². The average Bonchev–Trinajstić information content (AvgIpc) is 3.10. The Bertz CT molecular complexity index is 1940. The van der Waals surface area contributed by atoms with Crippen LogP contribution in [0.4, 0.5) is 0 Å². The lowest BCUT2D eigenvalue weighted by atomic mass is 9.79. The summed E-state index contributed by atoms with van der Waals surface area (Å²) in [4.78, 5) is 0. The summed E-state index contributed by atoms with van der Waals surface area (Å²) >= 11 is 0. The highest BCUT2D eigenvalue weighted by atomic mass is 16.5. The predicted octanol–water partition coefficient (Wildman–Crippen LogP) is 14.2. The van der Waals surface area contributed by atoms with Crippen LogP contribution >= 0.6 is 0 Å².